The number of carbonyl (C=O) groups excluding carboxylic acids is 1. The number of ether oxygens (including phenoxy) is 2. The molecule has 0 spiro atoms. The van der Waals surface area contributed by atoms with E-state index in [1.165, 1.54) is 12.3 Å². The lowest BCUT2D eigenvalue weighted by Gasteiger charge is -2.17. The van der Waals surface area contributed by atoms with Crippen molar-refractivity contribution in [1.82, 2.24) is 10.2 Å². The van der Waals surface area contributed by atoms with Gasteiger partial charge in [-0.3, -0.25) is 4.79 Å². The largest absolute Gasteiger partial charge is 0.573 e. The van der Waals surface area contributed by atoms with Gasteiger partial charge >= 0.3 is 12.5 Å². The summed E-state index contributed by atoms with van der Waals surface area (Å²) < 4.78 is 85.8. The van der Waals surface area contributed by atoms with Crippen LogP contribution in [-0.4, -0.2) is 22.5 Å². The fourth-order valence-corrected chi connectivity index (χ4v) is 2.82. The number of anilines is 1. The number of hydrogen-bond donors (Lipinski definition) is 1. The Labute approximate surface area is 180 Å². The van der Waals surface area contributed by atoms with E-state index in [-0.39, 0.29) is 17.2 Å². The van der Waals surface area contributed by atoms with Crippen LogP contribution < -0.4 is 14.8 Å². The Bertz CT molecular complexity index is 1110. The van der Waals surface area contributed by atoms with Crippen LogP contribution in [0.4, 0.5) is 32.0 Å². The topological polar surface area (TPSA) is 73.3 Å². The zero-order chi connectivity index (χ0) is 23.5. The smallest absolute Gasteiger partial charge is 0.456 e. The number of carbonyl (C=O) groups is 1. The molecule has 3 aromatic rings. The number of aromatic nitrogens is 2. The molecule has 13 heteroatoms. The summed E-state index contributed by atoms with van der Waals surface area (Å²) in [4.78, 5) is 12.7. The number of benzene rings is 2. The maximum atomic E-state index is 13.3. The number of hydrogen-bond acceptors (Lipinski definition) is 5. The standard InChI is InChI=1S/C19H10ClF6N3O3/c20-16-13(18(21,22)23)5-6-14(15(16)17(30)29-10-7-8-27-28-9-10)31-11-1-3-12(4-2-11)32-19(24,25)26/h1-9H,(H,27,29,30). The van der Waals surface area contributed by atoms with Crippen LogP contribution in [0, 0.1) is 0 Å². The summed E-state index contributed by atoms with van der Waals surface area (Å²) in [6, 6.07) is 6.82. The van der Waals surface area contributed by atoms with E-state index < -0.39 is 40.3 Å². The van der Waals surface area contributed by atoms with Gasteiger partial charge in [0.15, 0.2) is 0 Å². The second kappa shape index (κ2) is 8.91. The summed E-state index contributed by atoms with van der Waals surface area (Å²) in [5.41, 5.74) is -1.80. The molecule has 0 bridgehead atoms. The van der Waals surface area contributed by atoms with E-state index in [1.54, 1.807) is 0 Å². The molecule has 1 N–H and O–H groups in total. The van der Waals surface area contributed by atoms with Crippen molar-refractivity contribution in [2.24, 2.45) is 0 Å². The highest BCUT2D eigenvalue weighted by atomic mass is 35.5. The van der Waals surface area contributed by atoms with Crippen molar-refractivity contribution in [2.75, 3.05) is 5.32 Å². The molecule has 1 amide bonds. The third-order valence-corrected chi connectivity index (χ3v) is 4.16. The molecule has 0 radical (unpaired) electrons. The van der Waals surface area contributed by atoms with Crippen LogP contribution in [0.15, 0.2) is 54.9 Å². The number of nitrogens with zero attached hydrogens (tertiary/aromatic N) is 2. The van der Waals surface area contributed by atoms with E-state index in [0.29, 0.717) is 6.07 Å². The van der Waals surface area contributed by atoms with Gasteiger partial charge in [0.25, 0.3) is 5.91 Å². The summed E-state index contributed by atoms with van der Waals surface area (Å²) in [6.07, 6.45) is -7.37. The van der Waals surface area contributed by atoms with Crippen molar-refractivity contribution >= 4 is 23.2 Å². The molecule has 0 aliphatic rings. The van der Waals surface area contributed by atoms with Crippen LogP contribution in [0.1, 0.15) is 15.9 Å². The lowest BCUT2D eigenvalue weighted by atomic mass is 10.1. The molecule has 0 aliphatic carbocycles. The molecular weight excluding hydrogens is 468 g/mol. The predicted molar refractivity (Wildman–Crippen MR) is 99.6 cm³/mol. The number of rotatable bonds is 5. The molecule has 6 nitrogen and oxygen atoms in total. The SMILES string of the molecule is O=C(Nc1ccnnc1)c1c(Oc2ccc(OC(F)(F)F)cc2)ccc(C(F)(F)F)c1Cl. The van der Waals surface area contributed by atoms with E-state index >= 15 is 0 Å². The molecule has 2 aromatic carbocycles. The van der Waals surface area contributed by atoms with Crippen molar-refractivity contribution < 1.29 is 40.6 Å². The van der Waals surface area contributed by atoms with Gasteiger partial charge in [0.05, 0.1) is 28.7 Å². The minimum absolute atomic E-state index is 0.0880. The lowest BCUT2D eigenvalue weighted by molar-refractivity contribution is -0.274. The zero-order valence-corrected chi connectivity index (χ0v) is 16.2. The summed E-state index contributed by atoms with van der Waals surface area (Å²) in [7, 11) is 0. The number of halogens is 7. The Morgan fingerprint density at radius 2 is 1.56 bits per heavy atom. The van der Waals surface area contributed by atoms with Crippen LogP contribution >= 0.6 is 11.6 Å². The number of amides is 1. The van der Waals surface area contributed by atoms with Gasteiger partial charge in [0.1, 0.15) is 22.8 Å². The zero-order valence-electron chi connectivity index (χ0n) is 15.5. The van der Waals surface area contributed by atoms with Crippen molar-refractivity contribution in [3.8, 4) is 17.2 Å². The molecule has 32 heavy (non-hydrogen) atoms. The second-order valence-corrected chi connectivity index (χ2v) is 6.38. The molecule has 0 aliphatic heterocycles. The van der Waals surface area contributed by atoms with Gasteiger partial charge in [0, 0.05) is 0 Å². The van der Waals surface area contributed by atoms with E-state index in [9.17, 15) is 31.1 Å². The predicted octanol–water partition coefficient (Wildman–Crippen LogP) is 6.09. The molecule has 0 saturated carbocycles. The summed E-state index contributed by atoms with van der Waals surface area (Å²) in [6.45, 7) is 0. The highest BCUT2D eigenvalue weighted by Crippen LogP contribution is 2.41. The molecule has 0 saturated heterocycles. The Kier molecular flexibility index (Phi) is 6.44. The molecule has 3 rings (SSSR count). The quantitative estimate of drug-likeness (QED) is 0.450. The minimum atomic E-state index is -4.91. The maximum Gasteiger partial charge on any atom is 0.573 e. The van der Waals surface area contributed by atoms with Gasteiger partial charge in [0.2, 0.25) is 0 Å². The monoisotopic (exact) mass is 477 g/mol. The van der Waals surface area contributed by atoms with E-state index in [1.807, 2.05) is 0 Å². The first-order valence-corrected chi connectivity index (χ1v) is 8.83. The lowest BCUT2D eigenvalue weighted by Crippen LogP contribution is -2.17. The Balaban J connectivity index is 1.96. The van der Waals surface area contributed by atoms with Crippen molar-refractivity contribution in [1.29, 1.82) is 0 Å². The van der Waals surface area contributed by atoms with Crippen LogP contribution in [-0.2, 0) is 6.18 Å². The third kappa shape index (κ3) is 5.78. The molecular formula is C19H10ClF6N3O3. The van der Waals surface area contributed by atoms with E-state index in [0.717, 1.165) is 36.5 Å². The van der Waals surface area contributed by atoms with Crippen LogP contribution in [0.2, 0.25) is 5.02 Å². The van der Waals surface area contributed by atoms with Gasteiger partial charge in [-0.2, -0.15) is 23.4 Å². The molecule has 1 aromatic heterocycles. The van der Waals surface area contributed by atoms with Crippen molar-refractivity contribution in [3.63, 3.8) is 0 Å². The first-order valence-electron chi connectivity index (χ1n) is 8.45. The first-order chi connectivity index (χ1) is 14.9. The summed E-state index contributed by atoms with van der Waals surface area (Å²) in [5.74, 6) is -2.04. The van der Waals surface area contributed by atoms with Crippen molar-refractivity contribution in [2.45, 2.75) is 12.5 Å². The first kappa shape index (κ1) is 23.1. The molecule has 0 atom stereocenters. The van der Waals surface area contributed by atoms with Gasteiger partial charge in [-0.05, 0) is 42.5 Å². The average Bonchev–Trinajstić information content (AvgIpc) is 2.68. The molecule has 0 fully saturated rings. The van der Waals surface area contributed by atoms with E-state index in [4.69, 9.17) is 16.3 Å². The minimum Gasteiger partial charge on any atom is -0.456 e. The van der Waals surface area contributed by atoms with Gasteiger partial charge < -0.3 is 14.8 Å². The number of alkyl halides is 6. The summed E-state index contributed by atoms with van der Waals surface area (Å²) >= 11 is 5.89. The van der Waals surface area contributed by atoms with Crippen molar-refractivity contribution in [3.05, 3.63) is 71.0 Å². The Morgan fingerprint density at radius 3 is 2.12 bits per heavy atom. The highest BCUT2D eigenvalue weighted by molar-refractivity contribution is 6.35. The maximum absolute atomic E-state index is 13.3. The third-order valence-electron chi connectivity index (χ3n) is 3.76. The van der Waals surface area contributed by atoms with Gasteiger partial charge in [-0.1, -0.05) is 11.6 Å². The molecule has 0 unspecified atom stereocenters. The fraction of sp³-hybridized carbons (Fsp3) is 0.105. The molecule has 168 valence electrons. The second-order valence-electron chi connectivity index (χ2n) is 6.00. The average molecular weight is 478 g/mol. The van der Waals surface area contributed by atoms with Gasteiger partial charge in [-0.25, -0.2) is 0 Å². The number of nitrogens with one attached hydrogen (secondary N) is 1. The van der Waals surface area contributed by atoms with E-state index in [2.05, 4.69) is 20.3 Å². The van der Waals surface area contributed by atoms with Crippen LogP contribution in [0.5, 0.6) is 17.2 Å². The Hall–Kier alpha value is -3.54. The fourth-order valence-electron chi connectivity index (χ4n) is 2.47. The molecule has 1 heterocycles. The Morgan fingerprint density at radius 1 is 0.906 bits per heavy atom. The van der Waals surface area contributed by atoms with Crippen LogP contribution in [0.3, 0.4) is 0 Å². The highest BCUT2D eigenvalue weighted by Gasteiger charge is 2.36. The van der Waals surface area contributed by atoms with Gasteiger partial charge in [-0.15, -0.1) is 13.2 Å². The summed E-state index contributed by atoms with van der Waals surface area (Å²) in [5, 5.41) is 8.44. The van der Waals surface area contributed by atoms with Crippen LogP contribution in [0.25, 0.3) is 0 Å². The normalized spacial score (nSPS) is 11.7.